The van der Waals surface area contributed by atoms with Gasteiger partial charge in [-0.05, 0) is 31.2 Å². The lowest BCUT2D eigenvalue weighted by atomic mass is 10.2. The Kier molecular flexibility index (Phi) is 5.77. The number of piperazine rings is 1. The minimum Gasteiger partial charge on any atom is -0.492 e. The van der Waals surface area contributed by atoms with Crippen molar-refractivity contribution < 1.29 is 14.3 Å². The quantitative estimate of drug-likeness (QED) is 0.811. The van der Waals surface area contributed by atoms with E-state index in [-0.39, 0.29) is 12.5 Å². The lowest BCUT2D eigenvalue weighted by Gasteiger charge is -2.36. The summed E-state index contributed by atoms with van der Waals surface area (Å²) in [4.78, 5) is 16.5. The van der Waals surface area contributed by atoms with Gasteiger partial charge in [0.1, 0.15) is 11.5 Å². The number of hydrogen-bond donors (Lipinski definition) is 0. The van der Waals surface area contributed by atoms with Gasteiger partial charge in [-0.15, -0.1) is 0 Å². The summed E-state index contributed by atoms with van der Waals surface area (Å²) in [6.45, 7) is 5.68. The number of ether oxygens (including phenoxy) is 2. The Morgan fingerprint density at radius 1 is 0.920 bits per heavy atom. The molecule has 3 rings (SSSR count). The predicted octanol–water partition coefficient (Wildman–Crippen LogP) is 2.81. The summed E-state index contributed by atoms with van der Waals surface area (Å²) in [5.41, 5.74) is 1.09. The highest BCUT2D eigenvalue weighted by molar-refractivity contribution is 5.78. The van der Waals surface area contributed by atoms with Gasteiger partial charge in [-0.25, -0.2) is 0 Å². The van der Waals surface area contributed by atoms with E-state index in [4.69, 9.17) is 9.47 Å². The second kappa shape index (κ2) is 8.42. The second-order valence-corrected chi connectivity index (χ2v) is 5.87. The number of hydrogen-bond acceptors (Lipinski definition) is 4. The second-order valence-electron chi connectivity index (χ2n) is 5.87. The number of carbonyl (C=O) groups excluding carboxylic acids is 1. The van der Waals surface area contributed by atoms with Crippen molar-refractivity contribution in [1.29, 1.82) is 0 Å². The van der Waals surface area contributed by atoms with Crippen LogP contribution in [0.4, 0.5) is 5.69 Å². The molecule has 0 saturated carbocycles. The van der Waals surface area contributed by atoms with Gasteiger partial charge in [0.2, 0.25) is 0 Å². The highest BCUT2D eigenvalue weighted by atomic mass is 16.5. The van der Waals surface area contributed by atoms with Gasteiger partial charge >= 0.3 is 0 Å². The normalized spacial score (nSPS) is 14.3. The van der Waals surface area contributed by atoms with Crippen molar-refractivity contribution in [2.45, 2.75) is 6.92 Å². The van der Waals surface area contributed by atoms with Crippen LogP contribution in [0.1, 0.15) is 6.92 Å². The Balaban J connectivity index is 1.52. The molecule has 0 bridgehead atoms. The Morgan fingerprint density at radius 3 is 2.32 bits per heavy atom. The van der Waals surface area contributed by atoms with E-state index in [1.807, 2.05) is 60.4 Å². The van der Waals surface area contributed by atoms with Crippen molar-refractivity contribution in [3.8, 4) is 11.5 Å². The Labute approximate surface area is 148 Å². The standard InChI is InChI=1S/C20H24N2O3/c1-2-24-19-11-7-6-10-18(19)21-12-14-22(15-13-21)20(23)16-25-17-8-4-3-5-9-17/h3-11H,2,12-16H2,1H3. The molecule has 0 aromatic heterocycles. The summed E-state index contributed by atoms with van der Waals surface area (Å²) < 4.78 is 11.3. The van der Waals surface area contributed by atoms with Gasteiger partial charge < -0.3 is 19.3 Å². The zero-order chi connectivity index (χ0) is 17.5. The maximum atomic E-state index is 12.3. The monoisotopic (exact) mass is 340 g/mol. The number of anilines is 1. The molecule has 1 saturated heterocycles. The molecule has 5 heteroatoms. The first-order valence-electron chi connectivity index (χ1n) is 8.70. The molecule has 2 aromatic rings. The molecule has 1 aliphatic rings. The lowest BCUT2D eigenvalue weighted by Crippen LogP contribution is -2.50. The zero-order valence-electron chi connectivity index (χ0n) is 14.6. The van der Waals surface area contributed by atoms with Gasteiger partial charge in [0.25, 0.3) is 5.91 Å². The number of rotatable bonds is 6. The maximum Gasteiger partial charge on any atom is 0.260 e. The Hall–Kier alpha value is -2.69. The number of para-hydroxylation sites is 3. The number of nitrogens with zero attached hydrogens (tertiary/aromatic N) is 2. The van der Waals surface area contributed by atoms with Crippen LogP contribution in [0.3, 0.4) is 0 Å². The van der Waals surface area contributed by atoms with Gasteiger partial charge in [0.15, 0.2) is 6.61 Å². The summed E-state index contributed by atoms with van der Waals surface area (Å²) in [6, 6.07) is 17.5. The summed E-state index contributed by atoms with van der Waals surface area (Å²) in [7, 11) is 0. The van der Waals surface area contributed by atoms with E-state index in [0.29, 0.717) is 19.7 Å². The number of benzene rings is 2. The van der Waals surface area contributed by atoms with Crippen LogP contribution in [0, 0.1) is 0 Å². The van der Waals surface area contributed by atoms with Crippen LogP contribution in [-0.4, -0.2) is 50.2 Å². The fraction of sp³-hybridized carbons (Fsp3) is 0.350. The first-order chi connectivity index (χ1) is 12.3. The molecule has 1 amide bonds. The highest BCUT2D eigenvalue weighted by Crippen LogP contribution is 2.28. The van der Waals surface area contributed by atoms with Crippen LogP contribution >= 0.6 is 0 Å². The van der Waals surface area contributed by atoms with Crippen molar-refractivity contribution in [3.05, 3.63) is 54.6 Å². The molecule has 1 fully saturated rings. The molecule has 132 valence electrons. The summed E-state index contributed by atoms with van der Waals surface area (Å²) in [5.74, 6) is 1.65. The third-order valence-corrected chi connectivity index (χ3v) is 4.24. The van der Waals surface area contributed by atoms with Gasteiger partial charge in [-0.3, -0.25) is 4.79 Å². The number of amides is 1. The summed E-state index contributed by atoms with van der Waals surface area (Å²) >= 11 is 0. The van der Waals surface area contributed by atoms with E-state index in [1.165, 1.54) is 0 Å². The minimum atomic E-state index is 0.0293. The van der Waals surface area contributed by atoms with Crippen LogP contribution in [0.5, 0.6) is 11.5 Å². The largest absolute Gasteiger partial charge is 0.492 e. The zero-order valence-corrected chi connectivity index (χ0v) is 14.6. The van der Waals surface area contributed by atoms with E-state index in [2.05, 4.69) is 11.0 Å². The molecule has 25 heavy (non-hydrogen) atoms. The van der Waals surface area contributed by atoms with Crippen molar-refractivity contribution in [2.24, 2.45) is 0 Å². The SMILES string of the molecule is CCOc1ccccc1N1CCN(C(=O)COc2ccccc2)CC1. The Morgan fingerprint density at radius 2 is 1.60 bits per heavy atom. The van der Waals surface area contributed by atoms with Crippen LogP contribution in [0.15, 0.2) is 54.6 Å². The maximum absolute atomic E-state index is 12.3. The van der Waals surface area contributed by atoms with Crippen molar-refractivity contribution in [1.82, 2.24) is 4.90 Å². The molecule has 2 aromatic carbocycles. The lowest BCUT2D eigenvalue weighted by molar-refractivity contribution is -0.133. The van der Waals surface area contributed by atoms with Crippen molar-refractivity contribution >= 4 is 11.6 Å². The van der Waals surface area contributed by atoms with Crippen molar-refractivity contribution in [3.63, 3.8) is 0 Å². The van der Waals surface area contributed by atoms with Crippen LogP contribution in [0.2, 0.25) is 0 Å². The van der Waals surface area contributed by atoms with Gasteiger partial charge in [-0.1, -0.05) is 30.3 Å². The molecule has 0 unspecified atom stereocenters. The average Bonchev–Trinajstić information content (AvgIpc) is 2.68. The van der Waals surface area contributed by atoms with E-state index in [9.17, 15) is 4.79 Å². The molecule has 0 aliphatic carbocycles. The average molecular weight is 340 g/mol. The molecular weight excluding hydrogens is 316 g/mol. The molecule has 0 N–H and O–H groups in total. The van der Waals surface area contributed by atoms with Crippen LogP contribution in [0.25, 0.3) is 0 Å². The van der Waals surface area contributed by atoms with E-state index in [0.717, 1.165) is 30.3 Å². The molecule has 0 spiro atoms. The van der Waals surface area contributed by atoms with Gasteiger partial charge in [-0.2, -0.15) is 0 Å². The topological polar surface area (TPSA) is 42.0 Å². The minimum absolute atomic E-state index is 0.0293. The molecule has 0 radical (unpaired) electrons. The van der Waals surface area contributed by atoms with Crippen LogP contribution in [-0.2, 0) is 4.79 Å². The third-order valence-electron chi connectivity index (χ3n) is 4.24. The first kappa shape index (κ1) is 17.1. The summed E-state index contributed by atoms with van der Waals surface area (Å²) in [6.07, 6.45) is 0. The molecule has 5 nitrogen and oxygen atoms in total. The number of carbonyl (C=O) groups is 1. The molecule has 0 atom stereocenters. The van der Waals surface area contributed by atoms with Gasteiger partial charge in [0, 0.05) is 26.2 Å². The molecular formula is C20H24N2O3. The highest BCUT2D eigenvalue weighted by Gasteiger charge is 2.23. The molecule has 1 heterocycles. The Bertz CT molecular complexity index is 682. The fourth-order valence-corrected chi connectivity index (χ4v) is 2.95. The molecule has 1 aliphatic heterocycles. The van der Waals surface area contributed by atoms with Gasteiger partial charge in [0.05, 0.1) is 12.3 Å². The fourth-order valence-electron chi connectivity index (χ4n) is 2.95. The van der Waals surface area contributed by atoms with E-state index >= 15 is 0 Å². The smallest absolute Gasteiger partial charge is 0.260 e. The summed E-state index contributed by atoms with van der Waals surface area (Å²) in [5, 5.41) is 0. The first-order valence-corrected chi connectivity index (χ1v) is 8.70. The van der Waals surface area contributed by atoms with Crippen molar-refractivity contribution in [2.75, 3.05) is 44.3 Å². The van der Waals surface area contributed by atoms with Crippen LogP contribution < -0.4 is 14.4 Å². The third kappa shape index (κ3) is 4.44. The van der Waals surface area contributed by atoms with E-state index in [1.54, 1.807) is 0 Å². The predicted molar refractivity (Wildman–Crippen MR) is 98.3 cm³/mol. The van der Waals surface area contributed by atoms with E-state index < -0.39 is 0 Å².